The average Bonchev–Trinajstić information content (AvgIpc) is 2.33. The number of halogens is 3. The van der Waals surface area contributed by atoms with E-state index in [1.54, 1.807) is 18.2 Å². The molecule has 6 heteroatoms. The summed E-state index contributed by atoms with van der Waals surface area (Å²) in [6, 6.07) is 9.69. The number of nitrogens with two attached hydrogens (primary N) is 2. The predicted molar refractivity (Wildman–Crippen MR) is 70.0 cm³/mol. The van der Waals surface area contributed by atoms with Crippen LogP contribution in [0.3, 0.4) is 0 Å². The summed E-state index contributed by atoms with van der Waals surface area (Å²) in [5, 5.41) is 2.95. The molecule has 0 aliphatic heterocycles. The fourth-order valence-electron chi connectivity index (χ4n) is 1.56. The molecule has 0 heterocycles. The van der Waals surface area contributed by atoms with Crippen molar-refractivity contribution in [3.63, 3.8) is 0 Å². The quantitative estimate of drug-likeness (QED) is 0.728. The molecule has 0 unspecified atom stereocenters. The van der Waals surface area contributed by atoms with Gasteiger partial charge >= 0.3 is 6.18 Å². The lowest BCUT2D eigenvalue weighted by atomic mass is 10.2. The van der Waals surface area contributed by atoms with Crippen LogP contribution in [0.15, 0.2) is 42.5 Å². The van der Waals surface area contributed by atoms with Gasteiger partial charge < -0.3 is 16.8 Å². The van der Waals surface area contributed by atoms with Gasteiger partial charge in [0.25, 0.3) is 0 Å². The van der Waals surface area contributed by atoms with Gasteiger partial charge in [0.15, 0.2) is 0 Å². The standard InChI is InChI=1S/C13H12F3N3/c14-13(15,16)8-1-3-9(4-2-8)19-10-5-6-11(17)12(18)7-10/h1-7,19H,17-18H2. The summed E-state index contributed by atoms with van der Waals surface area (Å²) in [7, 11) is 0. The van der Waals surface area contributed by atoms with Crippen molar-refractivity contribution in [3.05, 3.63) is 48.0 Å². The molecular formula is C13H12F3N3. The van der Waals surface area contributed by atoms with Crippen LogP contribution in [0.2, 0.25) is 0 Å². The van der Waals surface area contributed by atoms with Crippen LogP contribution in [0.25, 0.3) is 0 Å². The molecule has 0 aromatic heterocycles. The second kappa shape index (κ2) is 4.72. The average molecular weight is 267 g/mol. The Balaban J connectivity index is 2.17. The van der Waals surface area contributed by atoms with E-state index in [0.29, 0.717) is 22.7 Å². The van der Waals surface area contributed by atoms with Gasteiger partial charge in [-0.25, -0.2) is 0 Å². The first kappa shape index (κ1) is 13.1. The van der Waals surface area contributed by atoms with Gasteiger partial charge in [0.1, 0.15) is 0 Å². The smallest absolute Gasteiger partial charge is 0.397 e. The lowest BCUT2D eigenvalue weighted by Gasteiger charge is -2.10. The summed E-state index contributed by atoms with van der Waals surface area (Å²) in [6.07, 6.45) is -4.33. The van der Waals surface area contributed by atoms with Gasteiger partial charge in [0.05, 0.1) is 16.9 Å². The maximum Gasteiger partial charge on any atom is 0.416 e. The fraction of sp³-hybridized carbons (Fsp3) is 0.0769. The number of alkyl halides is 3. The molecule has 0 amide bonds. The second-order valence-corrected chi connectivity index (χ2v) is 4.04. The van der Waals surface area contributed by atoms with E-state index >= 15 is 0 Å². The summed E-state index contributed by atoms with van der Waals surface area (Å²) in [5.74, 6) is 0. The third kappa shape index (κ3) is 3.09. The fourth-order valence-corrected chi connectivity index (χ4v) is 1.56. The molecule has 0 bridgehead atoms. The minimum Gasteiger partial charge on any atom is -0.397 e. The Morgan fingerprint density at radius 1 is 0.789 bits per heavy atom. The summed E-state index contributed by atoms with van der Waals surface area (Å²) >= 11 is 0. The summed E-state index contributed by atoms with van der Waals surface area (Å²) in [6.45, 7) is 0. The molecule has 100 valence electrons. The maximum absolute atomic E-state index is 12.4. The monoisotopic (exact) mass is 267 g/mol. The molecule has 19 heavy (non-hydrogen) atoms. The molecule has 2 aromatic carbocycles. The van der Waals surface area contributed by atoms with Crippen molar-refractivity contribution < 1.29 is 13.2 Å². The third-order valence-electron chi connectivity index (χ3n) is 2.59. The number of anilines is 4. The van der Waals surface area contributed by atoms with Crippen LogP contribution in [-0.4, -0.2) is 0 Å². The van der Waals surface area contributed by atoms with E-state index in [9.17, 15) is 13.2 Å². The van der Waals surface area contributed by atoms with Gasteiger partial charge in [0, 0.05) is 11.4 Å². The lowest BCUT2D eigenvalue weighted by Crippen LogP contribution is -2.04. The normalized spacial score (nSPS) is 11.3. The van der Waals surface area contributed by atoms with E-state index in [0.717, 1.165) is 12.1 Å². The first-order valence-electron chi connectivity index (χ1n) is 5.45. The van der Waals surface area contributed by atoms with Crippen LogP contribution in [0, 0.1) is 0 Å². The van der Waals surface area contributed by atoms with Crippen LogP contribution in [-0.2, 0) is 6.18 Å². The Kier molecular flexibility index (Phi) is 3.25. The van der Waals surface area contributed by atoms with Gasteiger partial charge in [-0.15, -0.1) is 0 Å². The van der Waals surface area contributed by atoms with E-state index in [1.165, 1.54) is 12.1 Å². The van der Waals surface area contributed by atoms with Crippen LogP contribution >= 0.6 is 0 Å². The highest BCUT2D eigenvalue weighted by Gasteiger charge is 2.29. The minimum atomic E-state index is -4.33. The molecular weight excluding hydrogens is 255 g/mol. The Bertz CT molecular complexity index is 577. The van der Waals surface area contributed by atoms with Crippen molar-refractivity contribution in [2.75, 3.05) is 16.8 Å². The zero-order chi connectivity index (χ0) is 14.0. The second-order valence-electron chi connectivity index (χ2n) is 4.04. The topological polar surface area (TPSA) is 64.1 Å². The van der Waals surface area contributed by atoms with Crippen molar-refractivity contribution in [2.24, 2.45) is 0 Å². The zero-order valence-electron chi connectivity index (χ0n) is 9.83. The SMILES string of the molecule is Nc1ccc(Nc2ccc(C(F)(F)F)cc2)cc1N. The molecule has 0 atom stereocenters. The number of hydrogen-bond donors (Lipinski definition) is 3. The summed E-state index contributed by atoms with van der Waals surface area (Å²) in [4.78, 5) is 0. The van der Waals surface area contributed by atoms with Crippen molar-refractivity contribution in [3.8, 4) is 0 Å². The Labute approximate surface area is 108 Å². The van der Waals surface area contributed by atoms with Gasteiger partial charge in [-0.1, -0.05) is 0 Å². The van der Waals surface area contributed by atoms with E-state index in [2.05, 4.69) is 5.32 Å². The Morgan fingerprint density at radius 3 is 1.89 bits per heavy atom. The highest BCUT2D eigenvalue weighted by Crippen LogP contribution is 2.30. The molecule has 3 nitrogen and oxygen atoms in total. The lowest BCUT2D eigenvalue weighted by molar-refractivity contribution is -0.137. The summed E-state index contributed by atoms with van der Waals surface area (Å²) in [5.41, 5.74) is 12.6. The molecule has 2 rings (SSSR count). The Hall–Kier alpha value is -2.37. The largest absolute Gasteiger partial charge is 0.416 e. The molecule has 0 saturated carbocycles. The highest BCUT2D eigenvalue weighted by molar-refractivity contribution is 5.72. The molecule has 0 aliphatic carbocycles. The van der Waals surface area contributed by atoms with Crippen molar-refractivity contribution >= 4 is 22.7 Å². The van der Waals surface area contributed by atoms with Crippen LogP contribution in [0.4, 0.5) is 35.9 Å². The Morgan fingerprint density at radius 2 is 1.37 bits per heavy atom. The number of hydrogen-bond acceptors (Lipinski definition) is 3. The molecule has 2 aromatic rings. The molecule has 0 fully saturated rings. The molecule has 0 spiro atoms. The zero-order valence-corrected chi connectivity index (χ0v) is 9.83. The number of nitrogens with one attached hydrogen (secondary N) is 1. The highest BCUT2D eigenvalue weighted by atomic mass is 19.4. The van der Waals surface area contributed by atoms with E-state index in [4.69, 9.17) is 11.5 Å². The first-order valence-corrected chi connectivity index (χ1v) is 5.45. The van der Waals surface area contributed by atoms with E-state index < -0.39 is 11.7 Å². The third-order valence-corrected chi connectivity index (χ3v) is 2.59. The molecule has 0 aliphatic rings. The number of nitrogen functional groups attached to an aromatic ring is 2. The minimum absolute atomic E-state index is 0.414. The van der Waals surface area contributed by atoms with Crippen LogP contribution in [0.1, 0.15) is 5.56 Å². The molecule has 0 saturated heterocycles. The van der Waals surface area contributed by atoms with Gasteiger partial charge in [-0.05, 0) is 42.5 Å². The number of rotatable bonds is 2. The molecule has 0 radical (unpaired) electrons. The number of benzene rings is 2. The predicted octanol–water partition coefficient (Wildman–Crippen LogP) is 3.61. The van der Waals surface area contributed by atoms with Gasteiger partial charge in [-0.2, -0.15) is 13.2 Å². The van der Waals surface area contributed by atoms with Crippen molar-refractivity contribution in [1.82, 2.24) is 0 Å². The van der Waals surface area contributed by atoms with Crippen LogP contribution < -0.4 is 16.8 Å². The van der Waals surface area contributed by atoms with Crippen LogP contribution in [0.5, 0.6) is 0 Å². The summed E-state index contributed by atoms with van der Waals surface area (Å²) < 4.78 is 37.2. The van der Waals surface area contributed by atoms with Gasteiger partial charge in [-0.3, -0.25) is 0 Å². The molecule has 5 N–H and O–H groups in total. The van der Waals surface area contributed by atoms with Gasteiger partial charge in [0.2, 0.25) is 0 Å². The first-order chi connectivity index (χ1) is 8.86. The van der Waals surface area contributed by atoms with E-state index in [-0.39, 0.29) is 0 Å². The van der Waals surface area contributed by atoms with Crippen molar-refractivity contribution in [2.45, 2.75) is 6.18 Å². The van der Waals surface area contributed by atoms with E-state index in [1.807, 2.05) is 0 Å². The van der Waals surface area contributed by atoms with Crippen molar-refractivity contribution in [1.29, 1.82) is 0 Å². The maximum atomic E-state index is 12.4.